The number of carbonyl (C=O) groups is 1. The topological polar surface area (TPSA) is 38.8 Å². The van der Waals surface area contributed by atoms with E-state index in [-0.39, 0.29) is 24.1 Å². The highest BCUT2D eigenvalue weighted by Gasteiger charge is 2.41. The first-order valence-corrected chi connectivity index (χ1v) is 13.9. The Balaban J connectivity index is 1.01. The Kier molecular flexibility index (Phi) is 6.16. The molecule has 2 bridgehead atoms. The fraction of sp³-hybridized carbons (Fsp3) is 0.229. The maximum absolute atomic E-state index is 13.4. The summed E-state index contributed by atoms with van der Waals surface area (Å²) in [5, 5.41) is 0. The van der Waals surface area contributed by atoms with E-state index in [9.17, 15) is 4.79 Å². The van der Waals surface area contributed by atoms with Crippen molar-refractivity contribution >= 4 is 11.7 Å². The van der Waals surface area contributed by atoms with Crippen molar-refractivity contribution in [1.82, 2.24) is 4.90 Å². The maximum Gasteiger partial charge on any atom is 0.410 e. The number of carbonyl (C=O) groups excluding carboxylic acids is 1. The average molecular weight is 514 g/mol. The summed E-state index contributed by atoms with van der Waals surface area (Å²) in [5.74, 6) is 0.944. The molecule has 0 N–H and O–H groups in total. The molecule has 39 heavy (non-hydrogen) atoms. The summed E-state index contributed by atoms with van der Waals surface area (Å²) >= 11 is 0. The highest BCUT2D eigenvalue weighted by Crippen LogP contribution is 2.45. The number of hydrogen-bond acceptors (Lipinski definition) is 3. The lowest BCUT2D eigenvalue weighted by atomic mass is 9.95. The van der Waals surface area contributed by atoms with Crippen LogP contribution in [-0.4, -0.2) is 29.7 Å². The smallest absolute Gasteiger partial charge is 0.410 e. The monoisotopic (exact) mass is 513 g/mol. The molecule has 2 aliphatic heterocycles. The van der Waals surface area contributed by atoms with E-state index in [0.717, 1.165) is 30.6 Å². The van der Waals surface area contributed by atoms with Crippen LogP contribution in [0.25, 0.3) is 16.7 Å². The first kappa shape index (κ1) is 23.8. The number of ether oxygens (including phenoxy) is 2. The van der Waals surface area contributed by atoms with Gasteiger partial charge < -0.3 is 9.47 Å². The van der Waals surface area contributed by atoms with Crippen LogP contribution in [0.15, 0.2) is 109 Å². The molecule has 2 heterocycles. The molecule has 4 nitrogen and oxygen atoms in total. The highest BCUT2D eigenvalue weighted by molar-refractivity contribution is 5.79. The van der Waals surface area contributed by atoms with Crippen molar-refractivity contribution < 1.29 is 14.3 Å². The number of amides is 1. The van der Waals surface area contributed by atoms with Crippen molar-refractivity contribution in [2.45, 2.75) is 43.9 Å². The van der Waals surface area contributed by atoms with Gasteiger partial charge in [0.15, 0.2) is 0 Å². The summed E-state index contributed by atoms with van der Waals surface area (Å²) in [6.07, 6.45) is 4.92. The fourth-order valence-corrected chi connectivity index (χ4v) is 6.50. The molecule has 2 unspecified atom stereocenters. The van der Waals surface area contributed by atoms with Crippen LogP contribution in [0.2, 0.25) is 0 Å². The van der Waals surface area contributed by atoms with Crippen molar-refractivity contribution in [3.05, 3.63) is 131 Å². The zero-order valence-corrected chi connectivity index (χ0v) is 21.8. The van der Waals surface area contributed by atoms with Gasteiger partial charge in [0.25, 0.3) is 0 Å². The van der Waals surface area contributed by atoms with Gasteiger partial charge in [-0.1, -0.05) is 97.1 Å². The SMILES string of the molecule is O=C(OCC1c2ccccc2-c2ccccc21)N1C2C=C(c3ccc(OCc4ccccc4)cc3)CC1CC2. The summed E-state index contributed by atoms with van der Waals surface area (Å²) in [5.41, 5.74) is 8.64. The van der Waals surface area contributed by atoms with Gasteiger partial charge in [0.05, 0.1) is 6.04 Å². The van der Waals surface area contributed by atoms with Gasteiger partial charge in [0, 0.05) is 12.0 Å². The molecule has 0 saturated carbocycles. The molecule has 1 amide bonds. The van der Waals surface area contributed by atoms with Gasteiger partial charge in [0.1, 0.15) is 19.0 Å². The Morgan fingerprint density at radius 1 is 0.769 bits per heavy atom. The van der Waals surface area contributed by atoms with Crippen LogP contribution in [0, 0.1) is 0 Å². The van der Waals surface area contributed by atoms with Gasteiger partial charge in [-0.3, -0.25) is 4.90 Å². The minimum atomic E-state index is -0.190. The molecule has 2 atom stereocenters. The third-order valence-electron chi connectivity index (χ3n) is 8.42. The number of hydrogen-bond donors (Lipinski definition) is 0. The van der Waals surface area contributed by atoms with Crippen LogP contribution in [-0.2, 0) is 11.3 Å². The standard InChI is InChI=1S/C35H31NO3/c37-35(39-23-34-32-12-6-4-10-30(32)31-11-5-7-13-33(31)34)36-27-16-17-28(36)21-26(20-27)25-14-18-29(19-15-25)38-22-24-8-2-1-3-9-24/h1-15,18-20,27-28,34H,16-17,21-23H2. The molecule has 4 aromatic rings. The number of benzene rings is 4. The second-order valence-electron chi connectivity index (χ2n) is 10.7. The maximum atomic E-state index is 13.4. The van der Waals surface area contributed by atoms with Crippen LogP contribution in [0.1, 0.15) is 47.4 Å². The number of rotatable bonds is 6. The first-order valence-electron chi connectivity index (χ1n) is 13.9. The lowest BCUT2D eigenvalue weighted by Gasteiger charge is -2.33. The molecule has 1 saturated heterocycles. The summed E-state index contributed by atoms with van der Waals surface area (Å²) in [7, 11) is 0. The number of fused-ring (bicyclic) bond motifs is 5. The Hall–Kier alpha value is -4.31. The van der Waals surface area contributed by atoms with Gasteiger partial charge in [-0.25, -0.2) is 4.79 Å². The second-order valence-corrected chi connectivity index (χ2v) is 10.7. The molecule has 0 spiro atoms. The largest absolute Gasteiger partial charge is 0.489 e. The Morgan fingerprint density at radius 3 is 2.13 bits per heavy atom. The summed E-state index contributed by atoms with van der Waals surface area (Å²) in [6, 6.07) is 35.7. The van der Waals surface area contributed by atoms with Crippen molar-refractivity contribution in [2.24, 2.45) is 0 Å². The van der Waals surface area contributed by atoms with E-state index in [0.29, 0.717) is 13.2 Å². The van der Waals surface area contributed by atoms with Crippen molar-refractivity contribution in [3.8, 4) is 16.9 Å². The van der Waals surface area contributed by atoms with Crippen molar-refractivity contribution in [3.63, 3.8) is 0 Å². The van der Waals surface area contributed by atoms with Crippen molar-refractivity contribution in [2.75, 3.05) is 6.61 Å². The first-order chi connectivity index (χ1) is 19.2. The van der Waals surface area contributed by atoms with E-state index in [1.807, 2.05) is 35.2 Å². The van der Waals surface area contributed by atoms with E-state index in [1.165, 1.54) is 33.4 Å². The van der Waals surface area contributed by atoms with Crippen LogP contribution >= 0.6 is 0 Å². The lowest BCUT2D eigenvalue weighted by Crippen LogP contribution is -2.43. The molecule has 4 aromatic carbocycles. The third kappa shape index (κ3) is 4.50. The van der Waals surface area contributed by atoms with Gasteiger partial charge in [-0.05, 0) is 70.3 Å². The minimum Gasteiger partial charge on any atom is -0.489 e. The molecule has 0 aromatic heterocycles. The Morgan fingerprint density at radius 2 is 1.44 bits per heavy atom. The summed E-state index contributed by atoms with van der Waals surface area (Å²) in [4.78, 5) is 15.4. The normalized spacial score (nSPS) is 19.3. The fourth-order valence-electron chi connectivity index (χ4n) is 6.50. The molecule has 4 heteroatoms. The van der Waals surface area contributed by atoms with Gasteiger partial charge in [-0.15, -0.1) is 0 Å². The lowest BCUT2D eigenvalue weighted by molar-refractivity contribution is 0.0866. The van der Waals surface area contributed by atoms with Gasteiger partial charge in [0.2, 0.25) is 0 Å². The van der Waals surface area contributed by atoms with E-state index in [1.54, 1.807) is 0 Å². The zero-order chi connectivity index (χ0) is 26.2. The summed E-state index contributed by atoms with van der Waals surface area (Å²) < 4.78 is 12.0. The Bertz CT molecular complexity index is 1480. The molecule has 1 fully saturated rings. The van der Waals surface area contributed by atoms with E-state index in [4.69, 9.17) is 9.47 Å². The van der Waals surface area contributed by atoms with E-state index >= 15 is 0 Å². The van der Waals surface area contributed by atoms with Crippen LogP contribution in [0.3, 0.4) is 0 Å². The van der Waals surface area contributed by atoms with Gasteiger partial charge >= 0.3 is 6.09 Å². The average Bonchev–Trinajstić information content (AvgIpc) is 3.46. The van der Waals surface area contributed by atoms with Crippen LogP contribution < -0.4 is 4.74 Å². The molecule has 7 rings (SSSR count). The van der Waals surface area contributed by atoms with Gasteiger partial charge in [-0.2, -0.15) is 0 Å². The van der Waals surface area contributed by atoms with E-state index < -0.39 is 0 Å². The van der Waals surface area contributed by atoms with Crippen LogP contribution in [0.4, 0.5) is 4.79 Å². The zero-order valence-electron chi connectivity index (χ0n) is 21.8. The molecule has 1 aliphatic carbocycles. The predicted octanol–water partition coefficient (Wildman–Crippen LogP) is 7.83. The third-order valence-corrected chi connectivity index (χ3v) is 8.42. The molecule has 194 valence electrons. The molecule has 3 aliphatic rings. The highest BCUT2D eigenvalue weighted by atomic mass is 16.6. The molecular weight excluding hydrogens is 482 g/mol. The quantitative estimate of drug-likeness (QED) is 0.264. The summed E-state index contributed by atoms with van der Waals surface area (Å²) in [6.45, 7) is 0.923. The van der Waals surface area contributed by atoms with Crippen LogP contribution in [0.5, 0.6) is 5.75 Å². The predicted molar refractivity (Wildman–Crippen MR) is 154 cm³/mol. The second kappa shape index (κ2) is 10.1. The van der Waals surface area contributed by atoms with Crippen molar-refractivity contribution in [1.29, 1.82) is 0 Å². The molecular formula is C35H31NO3. The Labute approximate surface area is 229 Å². The molecule has 0 radical (unpaired) electrons. The minimum absolute atomic E-state index is 0.0810. The number of nitrogens with zero attached hydrogens (tertiary/aromatic N) is 1. The van der Waals surface area contributed by atoms with E-state index in [2.05, 4.69) is 78.9 Å².